The number of anilines is 2. The van der Waals surface area contributed by atoms with Crippen molar-refractivity contribution >= 4 is 37.3 Å². The first-order valence-electron chi connectivity index (χ1n) is 6.19. The maximum Gasteiger partial charge on any atom is 0.264 e. The standard InChI is InChI=1S/C14H14BrFN2O2S/c1-2-18(11-5-3-10(16)4-6-11)21(19,20)12-7-8-13(15)14(17)9-12/h3-9H,2,17H2,1H3. The minimum Gasteiger partial charge on any atom is -0.398 e. The highest BCUT2D eigenvalue weighted by molar-refractivity contribution is 9.10. The Bertz CT molecular complexity index is 748. The molecule has 0 radical (unpaired) electrons. The van der Waals surface area contributed by atoms with Crippen molar-refractivity contribution in [2.45, 2.75) is 11.8 Å². The van der Waals surface area contributed by atoms with Crippen molar-refractivity contribution in [2.24, 2.45) is 0 Å². The van der Waals surface area contributed by atoms with Crippen LogP contribution >= 0.6 is 15.9 Å². The lowest BCUT2D eigenvalue weighted by Gasteiger charge is -2.23. The number of halogens is 2. The monoisotopic (exact) mass is 372 g/mol. The maximum absolute atomic E-state index is 13.0. The molecule has 0 unspecified atom stereocenters. The Kier molecular flexibility index (Phi) is 4.53. The Morgan fingerprint density at radius 3 is 2.33 bits per heavy atom. The summed E-state index contributed by atoms with van der Waals surface area (Å²) in [6, 6.07) is 9.76. The van der Waals surface area contributed by atoms with Crippen molar-refractivity contribution in [3.8, 4) is 0 Å². The van der Waals surface area contributed by atoms with E-state index in [-0.39, 0.29) is 11.4 Å². The largest absolute Gasteiger partial charge is 0.398 e. The molecule has 0 atom stereocenters. The summed E-state index contributed by atoms with van der Waals surface area (Å²) in [5.41, 5.74) is 6.48. The highest BCUT2D eigenvalue weighted by Gasteiger charge is 2.24. The second-order valence-corrected chi connectivity index (χ2v) is 7.05. The third-order valence-electron chi connectivity index (χ3n) is 2.96. The van der Waals surface area contributed by atoms with E-state index in [1.165, 1.54) is 40.7 Å². The fraction of sp³-hybridized carbons (Fsp3) is 0.143. The molecule has 0 aliphatic carbocycles. The Morgan fingerprint density at radius 2 is 1.81 bits per heavy atom. The first-order chi connectivity index (χ1) is 9.86. The van der Waals surface area contributed by atoms with Gasteiger partial charge in [0.1, 0.15) is 5.82 Å². The van der Waals surface area contributed by atoms with Crippen molar-refractivity contribution in [3.63, 3.8) is 0 Å². The van der Waals surface area contributed by atoms with E-state index in [1.54, 1.807) is 13.0 Å². The molecule has 0 aliphatic rings. The third kappa shape index (κ3) is 3.19. The molecule has 0 fully saturated rings. The van der Waals surface area contributed by atoms with E-state index in [1.807, 2.05) is 0 Å². The Labute approximate surface area is 131 Å². The van der Waals surface area contributed by atoms with Gasteiger partial charge in [-0.1, -0.05) is 0 Å². The van der Waals surface area contributed by atoms with E-state index >= 15 is 0 Å². The van der Waals surface area contributed by atoms with Crippen molar-refractivity contribution < 1.29 is 12.8 Å². The molecule has 2 N–H and O–H groups in total. The maximum atomic E-state index is 13.0. The minimum atomic E-state index is -3.75. The van der Waals surface area contributed by atoms with Crippen LogP contribution in [0.4, 0.5) is 15.8 Å². The van der Waals surface area contributed by atoms with Crippen LogP contribution in [0.1, 0.15) is 6.92 Å². The normalized spacial score (nSPS) is 11.4. The molecule has 0 aromatic heterocycles. The van der Waals surface area contributed by atoms with E-state index in [4.69, 9.17) is 5.73 Å². The summed E-state index contributed by atoms with van der Waals surface area (Å²) in [5, 5.41) is 0. The average Bonchev–Trinajstić information content (AvgIpc) is 2.44. The van der Waals surface area contributed by atoms with E-state index < -0.39 is 15.8 Å². The second-order valence-electron chi connectivity index (χ2n) is 4.33. The zero-order valence-corrected chi connectivity index (χ0v) is 13.7. The fourth-order valence-electron chi connectivity index (χ4n) is 1.91. The van der Waals surface area contributed by atoms with Crippen LogP contribution in [-0.4, -0.2) is 15.0 Å². The molecule has 2 aromatic carbocycles. The number of sulfonamides is 1. The summed E-state index contributed by atoms with van der Waals surface area (Å²) in [6.07, 6.45) is 0. The van der Waals surface area contributed by atoms with Crippen LogP contribution in [0.3, 0.4) is 0 Å². The highest BCUT2D eigenvalue weighted by Crippen LogP contribution is 2.27. The van der Waals surface area contributed by atoms with Gasteiger partial charge < -0.3 is 5.73 Å². The van der Waals surface area contributed by atoms with Crippen LogP contribution in [0.25, 0.3) is 0 Å². The van der Waals surface area contributed by atoms with Crippen LogP contribution in [0, 0.1) is 5.82 Å². The number of nitrogen functional groups attached to an aromatic ring is 1. The summed E-state index contributed by atoms with van der Waals surface area (Å²) in [4.78, 5) is 0.0920. The van der Waals surface area contributed by atoms with Gasteiger partial charge in [0.15, 0.2) is 0 Å². The van der Waals surface area contributed by atoms with Gasteiger partial charge in [-0.05, 0) is 65.3 Å². The van der Waals surface area contributed by atoms with Gasteiger partial charge >= 0.3 is 0 Å². The third-order valence-corrected chi connectivity index (χ3v) is 5.58. The van der Waals surface area contributed by atoms with E-state index in [9.17, 15) is 12.8 Å². The molecule has 0 bridgehead atoms. The summed E-state index contributed by atoms with van der Waals surface area (Å²) < 4.78 is 40.2. The van der Waals surface area contributed by atoms with Gasteiger partial charge in [-0.15, -0.1) is 0 Å². The summed E-state index contributed by atoms with van der Waals surface area (Å²) >= 11 is 3.23. The van der Waals surface area contributed by atoms with Crippen molar-refractivity contribution in [1.82, 2.24) is 0 Å². The topological polar surface area (TPSA) is 63.4 Å². The minimum absolute atomic E-state index is 0.0920. The van der Waals surface area contributed by atoms with Crippen LogP contribution in [0.2, 0.25) is 0 Å². The molecule has 7 heteroatoms. The summed E-state index contributed by atoms with van der Waals surface area (Å²) in [6.45, 7) is 1.94. The molecule has 21 heavy (non-hydrogen) atoms. The van der Waals surface area contributed by atoms with Crippen LogP contribution in [-0.2, 0) is 10.0 Å². The zero-order chi connectivity index (χ0) is 15.6. The molecule has 0 amide bonds. The molecule has 4 nitrogen and oxygen atoms in total. The summed E-state index contributed by atoms with van der Waals surface area (Å²) in [5.74, 6) is -0.417. The van der Waals surface area contributed by atoms with E-state index in [0.29, 0.717) is 15.8 Å². The predicted molar refractivity (Wildman–Crippen MR) is 85.2 cm³/mol. The smallest absolute Gasteiger partial charge is 0.264 e. The zero-order valence-electron chi connectivity index (χ0n) is 11.3. The molecule has 2 rings (SSSR count). The van der Waals surface area contributed by atoms with Gasteiger partial charge in [-0.3, -0.25) is 4.31 Å². The van der Waals surface area contributed by atoms with Gasteiger partial charge in [0.2, 0.25) is 0 Å². The molecule has 112 valence electrons. The molecular weight excluding hydrogens is 359 g/mol. The van der Waals surface area contributed by atoms with Crippen molar-refractivity contribution in [1.29, 1.82) is 0 Å². The van der Waals surface area contributed by atoms with Gasteiger partial charge in [-0.2, -0.15) is 0 Å². The van der Waals surface area contributed by atoms with Gasteiger partial charge in [0, 0.05) is 16.7 Å². The number of nitrogens with two attached hydrogens (primary N) is 1. The van der Waals surface area contributed by atoms with Gasteiger partial charge in [0.25, 0.3) is 10.0 Å². The highest BCUT2D eigenvalue weighted by atomic mass is 79.9. The molecule has 0 aliphatic heterocycles. The van der Waals surface area contributed by atoms with Gasteiger partial charge in [0.05, 0.1) is 10.6 Å². The van der Waals surface area contributed by atoms with E-state index in [2.05, 4.69) is 15.9 Å². The lowest BCUT2D eigenvalue weighted by Crippen LogP contribution is -2.30. The Hall–Kier alpha value is -1.60. The quantitative estimate of drug-likeness (QED) is 0.836. The molecule has 0 spiro atoms. The Morgan fingerprint density at radius 1 is 1.19 bits per heavy atom. The van der Waals surface area contributed by atoms with Gasteiger partial charge in [-0.25, -0.2) is 12.8 Å². The number of hydrogen-bond acceptors (Lipinski definition) is 3. The fourth-order valence-corrected chi connectivity index (χ4v) is 3.66. The molecule has 0 saturated heterocycles. The second kappa shape index (κ2) is 6.03. The van der Waals surface area contributed by atoms with Crippen LogP contribution in [0.5, 0.6) is 0 Å². The lowest BCUT2D eigenvalue weighted by molar-refractivity contribution is 0.591. The van der Waals surface area contributed by atoms with Crippen LogP contribution < -0.4 is 10.0 Å². The van der Waals surface area contributed by atoms with Crippen molar-refractivity contribution in [3.05, 3.63) is 52.8 Å². The molecule has 0 heterocycles. The van der Waals surface area contributed by atoms with Crippen LogP contribution in [0.15, 0.2) is 51.8 Å². The van der Waals surface area contributed by atoms with Crippen molar-refractivity contribution in [2.75, 3.05) is 16.6 Å². The first-order valence-corrected chi connectivity index (χ1v) is 8.43. The number of hydrogen-bond donors (Lipinski definition) is 1. The molecule has 2 aromatic rings. The first kappa shape index (κ1) is 15.8. The average molecular weight is 373 g/mol. The number of rotatable bonds is 4. The number of benzene rings is 2. The van der Waals surface area contributed by atoms with E-state index in [0.717, 1.165) is 0 Å². The number of nitrogens with zero attached hydrogens (tertiary/aromatic N) is 1. The SMILES string of the molecule is CCN(c1ccc(F)cc1)S(=O)(=O)c1ccc(Br)c(N)c1. The summed E-state index contributed by atoms with van der Waals surface area (Å²) in [7, 11) is -3.75. The Balaban J connectivity index is 2.49. The molecule has 0 saturated carbocycles. The molecular formula is C14H14BrFN2O2S. The predicted octanol–water partition coefficient (Wildman–Crippen LogP) is 3.39. The lowest BCUT2D eigenvalue weighted by atomic mass is 10.3.